The van der Waals surface area contributed by atoms with E-state index in [1.807, 2.05) is 6.07 Å². The summed E-state index contributed by atoms with van der Waals surface area (Å²) in [5.41, 5.74) is 7.13. The number of piperidine rings is 1. The minimum atomic E-state index is -0.391. The lowest BCUT2D eigenvalue weighted by Crippen LogP contribution is -2.42. The Morgan fingerprint density at radius 1 is 1.39 bits per heavy atom. The molecule has 0 saturated carbocycles. The van der Waals surface area contributed by atoms with Gasteiger partial charge in [0.15, 0.2) is 0 Å². The van der Waals surface area contributed by atoms with E-state index in [1.165, 1.54) is 12.5 Å². The maximum atomic E-state index is 10.9. The van der Waals surface area contributed by atoms with Crippen molar-refractivity contribution in [3.63, 3.8) is 0 Å². The summed E-state index contributed by atoms with van der Waals surface area (Å²) >= 11 is 0. The smallest absolute Gasteiger partial charge is 0.273 e. The van der Waals surface area contributed by atoms with Crippen LogP contribution in [0.25, 0.3) is 0 Å². The molecule has 2 rings (SSSR count). The number of benzene rings is 1. The first-order valence-corrected chi connectivity index (χ1v) is 6.30. The minimum absolute atomic E-state index is 0.0652. The van der Waals surface area contributed by atoms with E-state index in [4.69, 9.17) is 5.73 Å². The average Bonchev–Trinajstić information content (AvgIpc) is 2.31. The van der Waals surface area contributed by atoms with Gasteiger partial charge < -0.3 is 10.6 Å². The summed E-state index contributed by atoms with van der Waals surface area (Å²) < 4.78 is 0. The summed E-state index contributed by atoms with van der Waals surface area (Å²) in [7, 11) is 0. The zero-order chi connectivity index (χ0) is 13.3. The second-order valence-corrected chi connectivity index (χ2v) is 5.09. The Labute approximate surface area is 107 Å². The molecule has 5 heteroatoms. The maximum absolute atomic E-state index is 10.9. The van der Waals surface area contributed by atoms with Crippen LogP contribution in [0.1, 0.15) is 26.7 Å². The molecule has 18 heavy (non-hydrogen) atoms. The van der Waals surface area contributed by atoms with Crippen LogP contribution in [0.5, 0.6) is 0 Å². The number of rotatable bonds is 2. The highest BCUT2D eigenvalue weighted by molar-refractivity contribution is 5.63. The van der Waals surface area contributed by atoms with Crippen molar-refractivity contribution in [2.75, 3.05) is 17.2 Å². The molecule has 2 N–H and O–H groups in total. The van der Waals surface area contributed by atoms with Crippen molar-refractivity contribution in [1.29, 1.82) is 0 Å². The number of hydrogen-bond acceptors (Lipinski definition) is 4. The van der Waals surface area contributed by atoms with Crippen LogP contribution in [0.2, 0.25) is 0 Å². The van der Waals surface area contributed by atoms with Gasteiger partial charge in [-0.25, -0.2) is 0 Å². The highest BCUT2D eigenvalue weighted by atomic mass is 16.6. The van der Waals surface area contributed by atoms with Gasteiger partial charge in [0.05, 0.1) is 4.92 Å². The Morgan fingerprint density at radius 2 is 2.11 bits per heavy atom. The molecule has 1 aliphatic heterocycles. The number of non-ortho nitro benzene ring substituents is 1. The number of nitro groups is 1. The van der Waals surface area contributed by atoms with Gasteiger partial charge >= 0.3 is 0 Å². The van der Waals surface area contributed by atoms with E-state index in [-0.39, 0.29) is 5.69 Å². The molecule has 0 bridgehead atoms. The molecule has 0 spiro atoms. The van der Waals surface area contributed by atoms with Gasteiger partial charge in [0.1, 0.15) is 0 Å². The van der Waals surface area contributed by atoms with Gasteiger partial charge in [-0.3, -0.25) is 10.1 Å². The van der Waals surface area contributed by atoms with Gasteiger partial charge in [0.25, 0.3) is 5.69 Å². The first-order chi connectivity index (χ1) is 8.49. The van der Waals surface area contributed by atoms with Crippen LogP contribution >= 0.6 is 0 Å². The van der Waals surface area contributed by atoms with Crippen molar-refractivity contribution in [3.05, 3.63) is 28.3 Å². The zero-order valence-electron chi connectivity index (χ0n) is 10.8. The van der Waals surface area contributed by atoms with Gasteiger partial charge in [0.2, 0.25) is 0 Å². The molecule has 0 amide bonds. The van der Waals surface area contributed by atoms with Crippen molar-refractivity contribution >= 4 is 17.1 Å². The molecular formula is C13H19N3O2. The number of anilines is 2. The molecule has 2 unspecified atom stereocenters. The summed E-state index contributed by atoms with van der Waals surface area (Å²) in [6.07, 6.45) is 2.33. The third kappa shape index (κ3) is 2.39. The average molecular weight is 249 g/mol. The van der Waals surface area contributed by atoms with E-state index in [1.54, 1.807) is 6.07 Å². The van der Waals surface area contributed by atoms with Crippen LogP contribution in [0, 0.1) is 16.0 Å². The van der Waals surface area contributed by atoms with Crippen LogP contribution in [-0.2, 0) is 0 Å². The van der Waals surface area contributed by atoms with Crippen LogP contribution in [0.3, 0.4) is 0 Å². The Kier molecular flexibility index (Phi) is 3.41. The number of nitrogens with two attached hydrogens (primary N) is 1. The Morgan fingerprint density at radius 3 is 2.78 bits per heavy atom. The second kappa shape index (κ2) is 4.84. The van der Waals surface area contributed by atoms with E-state index in [0.29, 0.717) is 17.6 Å². The van der Waals surface area contributed by atoms with Crippen LogP contribution in [0.15, 0.2) is 18.2 Å². The number of nitro benzene ring substituents is 1. The lowest BCUT2D eigenvalue weighted by molar-refractivity contribution is -0.384. The molecule has 1 aliphatic rings. The van der Waals surface area contributed by atoms with Crippen molar-refractivity contribution in [2.24, 2.45) is 5.92 Å². The molecule has 0 radical (unpaired) electrons. The fourth-order valence-corrected chi connectivity index (χ4v) is 2.59. The Bertz CT molecular complexity index is 462. The predicted octanol–water partition coefficient (Wildman–Crippen LogP) is 2.80. The van der Waals surface area contributed by atoms with Gasteiger partial charge in [0, 0.05) is 36.1 Å². The standard InChI is InChI=1S/C13H19N3O2/c1-9-4-3-5-15(10(9)2)12-6-11(14)7-13(8-12)16(17)18/h6-10H,3-5,14H2,1-2H3. The van der Waals surface area contributed by atoms with Crippen molar-refractivity contribution in [3.8, 4) is 0 Å². The molecule has 1 fully saturated rings. The quantitative estimate of drug-likeness (QED) is 0.497. The first-order valence-electron chi connectivity index (χ1n) is 6.30. The SMILES string of the molecule is CC1CCCN(c2cc(N)cc([N+](=O)[O-])c2)C1C. The lowest BCUT2D eigenvalue weighted by atomic mass is 9.91. The van der Waals surface area contributed by atoms with Gasteiger partial charge in [-0.15, -0.1) is 0 Å². The lowest BCUT2D eigenvalue weighted by Gasteiger charge is -2.39. The second-order valence-electron chi connectivity index (χ2n) is 5.09. The largest absolute Gasteiger partial charge is 0.398 e. The third-order valence-corrected chi connectivity index (χ3v) is 3.84. The van der Waals surface area contributed by atoms with Crippen LogP contribution in [-0.4, -0.2) is 17.5 Å². The molecule has 98 valence electrons. The van der Waals surface area contributed by atoms with E-state index in [2.05, 4.69) is 18.7 Å². The Balaban J connectivity index is 2.35. The molecule has 1 heterocycles. The van der Waals surface area contributed by atoms with Gasteiger partial charge in [-0.05, 0) is 31.7 Å². The first kappa shape index (κ1) is 12.7. The molecule has 1 saturated heterocycles. The van der Waals surface area contributed by atoms with Gasteiger partial charge in [-0.1, -0.05) is 6.92 Å². The Hall–Kier alpha value is -1.78. The molecule has 2 atom stereocenters. The maximum Gasteiger partial charge on any atom is 0.273 e. The topological polar surface area (TPSA) is 72.4 Å². The monoisotopic (exact) mass is 249 g/mol. The summed E-state index contributed by atoms with van der Waals surface area (Å²) in [5.74, 6) is 0.597. The van der Waals surface area contributed by atoms with E-state index < -0.39 is 4.92 Å². The van der Waals surface area contributed by atoms with E-state index >= 15 is 0 Å². The molecular weight excluding hydrogens is 230 g/mol. The summed E-state index contributed by atoms with van der Waals surface area (Å²) in [5, 5.41) is 10.9. The van der Waals surface area contributed by atoms with Crippen molar-refractivity contribution in [1.82, 2.24) is 0 Å². The highest BCUT2D eigenvalue weighted by Gasteiger charge is 2.26. The molecule has 1 aromatic rings. The summed E-state index contributed by atoms with van der Waals surface area (Å²) in [6, 6.07) is 5.23. The summed E-state index contributed by atoms with van der Waals surface area (Å²) in [6.45, 7) is 5.32. The van der Waals surface area contributed by atoms with Crippen LogP contribution < -0.4 is 10.6 Å². The fourth-order valence-electron chi connectivity index (χ4n) is 2.59. The number of nitrogen functional groups attached to an aromatic ring is 1. The predicted molar refractivity (Wildman–Crippen MR) is 72.7 cm³/mol. The number of hydrogen-bond donors (Lipinski definition) is 1. The van der Waals surface area contributed by atoms with Crippen molar-refractivity contribution < 1.29 is 4.92 Å². The molecule has 0 aromatic heterocycles. The van der Waals surface area contributed by atoms with E-state index in [0.717, 1.165) is 18.7 Å². The van der Waals surface area contributed by atoms with Crippen LogP contribution in [0.4, 0.5) is 17.1 Å². The molecule has 1 aromatic carbocycles. The molecule has 5 nitrogen and oxygen atoms in total. The zero-order valence-corrected chi connectivity index (χ0v) is 10.8. The van der Waals surface area contributed by atoms with Crippen molar-refractivity contribution in [2.45, 2.75) is 32.7 Å². The van der Waals surface area contributed by atoms with Gasteiger partial charge in [-0.2, -0.15) is 0 Å². The minimum Gasteiger partial charge on any atom is -0.398 e. The normalized spacial score (nSPS) is 24.0. The number of nitrogens with zero attached hydrogens (tertiary/aromatic N) is 2. The third-order valence-electron chi connectivity index (χ3n) is 3.84. The molecule has 0 aliphatic carbocycles. The highest BCUT2D eigenvalue weighted by Crippen LogP contribution is 2.32. The van der Waals surface area contributed by atoms with E-state index in [9.17, 15) is 10.1 Å². The fraction of sp³-hybridized carbons (Fsp3) is 0.538. The summed E-state index contributed by atoms with van der Waals surface area (Å²) in [4.78, 5) is 12.7.